The molecule has 3 aliphatic carbocycles. The third kappa shape index (κ3) is 3.86. The maximum atomic E-state index is 9.86. The molecule has 1 aromatic rings. The summed E-state index contributed by atoms with van der Waals surface area (Å²) in [5.41, 5.74) is 3.32. The number of aromatic hydroxyl groups is 1. The quantitative estimate of drug-likeness (QED) is 0.489. The highest BCUT2D eigenvalue weighted by Crippen LogP contribution is 2.61. The van der Waals surface area contributed by atoms with Gasteiger partial charge in [0, 0.05) is 6.61 Å². The number of phenols is 1. The Morgan fingerprint density at radius 3 is 2.71 bits per heavy atom. The molecule has 3 aliphatic rings. The zero-order valence-corrected chi connectivity index (χ0v) is 18.1. The van der Waals surface area contributed by atoms with Gasteiger partial charge in [0.15, 0.2) is 0 Å². The van der Waals surface area contributed by atoms with Crippen LogP contribution in [0.2, 0.25) is 0 Å². The first kappa shape index (κ1) is 20.3. The Kier molecular flexibility index (Phi) is 6.35. The van der Waals surface area contributed by atoms with E-state index in [2.05, 4.69) is 19.9 Å². The third-order valence-corrected chi connectivity index (χ3v) is 8.44. The summed E-state index contributed by atoms with van der Waals surface area (Å²) < 4.78 is 6.51. The first-order chi connectivity index (χ1) is 13.6. The molecule has 156 valence electrons. The third-order valence-electron chi connectivity index (χ3n) is 8.44. The van der Waals surface area contributed by atoms with Crippen molar-refractivity contribution in [2.24, 2.45) is 17.3 Å². The van der Waals surface area contributed by atoms with Crippen LogP contribution in [0.15, 0.2) is 18.2 Å². The van der Waals surface area contributed by atoms with E-state index in [4.69, 9.17) is 4.74 Å². The van der Waals surface area contributed by atoms with Gasteiger partial charge in [-0.05, 0) is 91.4 Å². The second-order valence-corrected chi connectivity index (χ2v) is 10.0. The van der Waals surface area contributed by atoms with E-state index in [-0.39, 0.29) is 0 Å². The van der Waals surface area contributed by atoms with E-state index in [9.17, 15) is 5.11 Å². The molecule has 0 radical (unpaired) electrons. The first-order valence-electron chi connectivity index (χ1n) is 12.1. The van der Waals surface area contributed by atoms with Crippen molar-refractivity contribution in [3.05, 3.63) is 29.3 Å². The number of unbranched alkanes of at least 4 members (excludes halogenated alkanes) is 5. The molecule has 2 nitrogen and oxygen atoms in total. The van der Waals surface area contributed by atoms with E-state index in [1.807, 2.05) is 12.1 Å². The van der Waals surface area contributed by atoms with Crippen molar-refractivity contribution in [2.75, 3.05) is 6.61 Å². The minimum Gasteiger partial charge on any atom is -0.508 e. The van der Waals surface area contributed by atoms with E-state index in [0.717, 1.165) is 24.9 Å². The number of rotatable bonds is 8. The molecule has 0 spiro atoms. The van der Waals surface area contributed by atoms with Crippen molar-refractivity contribution in [3.8, 4) is 5.75 Å². The topological polar surface area (TPSA) is 29.5 Å². The van der Waals surface area contributed by atoms with Gasteiger partial charge in [-0.3, -0.25) is 0 Å². The van der Waals surface area contributed by atoms with E-state index < -0.39 is 0 Å². The zero-order valence-electron chi connectivity index (χ0n) is 18.1. The number of benzene rings is 1. The van der Waals surface area contributed by atoms with Crippen LogP contribution in [0.25, 0.3) is 0 Å². The average molecular weight is 385 g/mol. The van der Waals surface area contributed by atoms with Gasteiger partial charge < -0.3 is 9.84 Å². The van der Waals surface area contributed by atoms with Gasteiger partial charge in [0.2, 0.25) is 0 Å². The predicted molar refractivity (Wildman–Crippen MR) is 116 cm³/mol. The summed E-state index contributed by atoms with van der Waals surface area (Å²) in [4.78, 5) is 0. The van der Waals surface area contributed by atoms with Crippen molar-refractivity contribution >= 4 is 0 Å². The molecule has 0 aromatic heterocycles. The summed E-state index contributed by atoms with van der Waals surface area (Å²) in [5, 5.41) is 9.86. The fourth-order valence-electron chi connectivity index (χ4n) is 6.90. The first-order valence-corrected chi connectivity index (χ1v) is 12.1. The highest BCUT2D eigenvalue weighted by atomic mass is 16.5. The molecule has 0 aliphatic heterocycles. The molecule has 0 unspecified atom stereocenters. The van der Waals surface area contributed by atoms with Crippen molar-refractivity contribution in [1.82, 2.24) is 0 Å². The van der Waals surface area contributed by atoms with Gasteiger partial charge in [0.05, 0.1) is 6.10 Å². The summed E-state index contributed by atoms with van der Waals surface area (Å²) in [6.45, 7) is 5.79. The summed E-state index contributed by atoms with van der Waals surface area (Å²) in [6, 6.07) is 6.13. The van der Waals surface area contributed by atoms with Gasteiger partial charge in [-0.1, -0.05) is 52.0 Å². The number of aryl methyl sites for hydroxylation is 1. The Labute approximate surface area is 172 Å². The maximum Gasteiger partial charge on any atom is 0.115 e. The van der Waals surface area contributed by atoms with E-state index in [1.165, 1.54) is 81.8 Å². The largest absolute Gasteiger partial charge is 0.508 e. The monoisotopic (exact) mass is 384 g/mol. The lowest BCUT2D eigenvalue weighted by molar-refractivity contribution is -0.0647. The van der Waals surface area contributed by atoms with Crippen molar-refractivity contribution in [3.63, 3.8) is 0 Å². The van der Waals surface area contributed by atoms with Crippen LogP contribution in [-0.2, 0) is 11.2 Å². The van der Waals surface area contributed by atoms with Gasteiger partial charge >= 0.3 is 0 Å². The van der Waals surface area contributed by atoms with Crippen LogP contribution in [0.4, 0.5) is 0 Å². The number of ether oxygens (including phenoxy) is 1. The van der Waals surface area contributed by atoms with Crippen LogP contribution in [-0.4, -0.2) is 17.8 Å². The van der Waals surface area contributed by atoms with Crippen LogP contribution in [0.5, 0.6) is 5.75 Å². The standard InChI is InChI=1S/C26H40O2/c1-3-4-5-6-7-8-17-28-25-14-13-24-23-11-9-19-18-20(27)10-12-21(19)22(23)15-16-26(24,25)2/h10,12,18,22-25,27H,3-9,11,13-17H2,1-2H3/t22-,23-,24+,25+,26+/m1/s1. The van der Waals surface area contributed by atoms with Gasteiger partial charge in [0.1, 0.15) is 5.75 Å². The normalized spacial score (nSPS) is 33.9. The van der Waals surface area contributed by atoms with Crippen LogP contribution in [0, 0.1) is 17.3 Å². The second kappa shape index (κ2) is 8.78. The Morgan fingerprint density at radius 2 is 1.86 bits per heavy atom. The van der Waals surface area contributed by atoms with Crippen molar-refractivity contribution in [2.45, 2.75) is 103 Å². The molecule has 5 atom stereocenters. The van der Waals surface area contributed by atoms with E-state index >= 15 is 0 Å². The van der Waals surface area contributed by atoms with Crippen LogP contribution < -0.4 is 0 Å². The molecule has 4 rings (SSSR count). The van der Waals surface area contributed by atoms with Gasteiger partial charge in [-0.2, -0.15) is 0 Å². The van der Waals surface area contributed by atoms with Gasteiger partial charge in [0.25, 0.3) is 0 Å². The molecule has 0 bridgehead atoms. The Hall–Kier alpha value is -1.02. The highest BCUT2D eigenvalue weighted by molar-refractivity contribution is 5.40. The molecule has 2 heteroatoms. The molecular weight excluding hydrogens is 344 g/mol. The fraction of sp³-hybridized carbons (Fsp3) is 0.769. The summed E-state index contributed by atoms with van der Waals surface area (Å²) in [7, 11) is 0. The lowest BCUT2D eigenvalue weighted by Crippen LogP contribution is -2.44. The van der Waals surface area contributed by atoms with Crippen molar-refractivity contribution < 1.29 is 9.84 Å². The van der Waals surface area contributed by atoms with Crippen LogP contribution in [0.1, 0.15) is 102 Å². The van der Waals surface area contributed by atoms with Crippen LogP contribution in [0.3, 0.4) is 0 Å². The molecule has 2 saturated carbocycles. The fourth-order valence-corrected chi connectivity index (χ4v) is 6.90. The minimum absolute atomic E-state index is 0.387. The smallest absolute Gasteiger partial charge is 0.115 e. The molecule has 2 fully saturated rings. The lowest BCUT2D eigenvalue weighted by Gasteiger charge is -2.50. The van der Waals surface area contributed by atoms with Crippen LogP contribution >= 0.6 is 0 Å². The molecule has 28 heavy (non-hydrogen) atoms. The predicted octanol–water partition coefficient (Wildman–Crippen LogP) is 6.99. The molecule has 1 aromatic carbocycles. The van der Waals surface area contributed by atoms with E-state index in [1.54, 1.807) is 0 Å². The SMILES string of the molecule is CCCCCCCCO[C@H]1CC[C@H]2[C@@H]3CCc4cc(O)ccc4[C@H]3CC[C@]12C. The number of phenolic OH excluding ortho intramolecular Hbond substituents is 1. The van der Waals surface area contributed by atoms with E-state index in [0.29, 0.717) is 23.2 Å². The maximum absolute atomic E-state index is 9.86. The Balaban J connectivity index is 1.34. The number of hydrogen-bond acceptors (Lipinski definition) is 2. The number of fused-ring (bicyclic) bond motifs is 5. The molecular formula is C26H40O2. The summed E-state index contributed by atoms with van der Waals surface area (Å²) in [6.07, 6.45) is 16.2. The summed E-state index contributed by atoms with van der Waals surface area (Å²) in [5.74, 6) is 2.78. The zero-order chi connectivity index (χ0) is 19.6. The lowest BCUT2D eigenvalue weighted by atomic mass is 9.55. The molecule has 1 N–H and O–H groups in total. The second-order valence-electron chi connectivity index (χ2n) is 10.0. The number of hydrogen-bond donors (Lipinski definition) is 1. The average Bonchev–Trinajstić information content (AvgIpc) is 3.03. The Bertz CT molecular complexity index is 654. The van der Waals surface area contributed by atoms with Gasteiger partial charge in [-0.15, -0.1) is 0 Å². The minimum atomic E-state index is 0.387. The Morgan fingerprint density at radius 1 is 1.04 bits per heavy atom. The summed E-state index contributed by atoms with van der Waals surface area (Å²) >= 11 is 0. The molecule has 0 heterocycles. The van der Waals surface area contributed by atoms with Crippen molar-refractivity contribution in [1.29, 1.82) is 0 Å². The molecule has 0 amide bonds. The highest BCUT2D eigenvalue weighted by Gasteiger charge is 2.55. The molecule has 0 saturated heterocycles. The van der Waals surface area contributed by atoms with Gasteiger partial charge in [-0.25, -0.2) is 0 Å².